The van der Waals surface area contributed by atoms with Crippen LogP contribution in [0.2, 0.25) is 0 Å². The minimum absolute atomic E-state index is 0.0116. The van der Waals surface area contributed by atoms with Crippen molar-refractivity contribution in [3.8, 4) is 0 Å². The second-order valence-electron chi connectivity index (χ2n) is 2.95. The molecular formula is C9H11N5S. The lowest BCUT2D eigenvalue weighted by Gasteiger charge is -2.13. The molecule has 2 aromatic rings. The van der Waals surface area contributed by atoms with Gasteiger partial charge in [0, 0.05) is 12.4 Å². The first-order valence-electron chi connectivity index (χ1n) is 4.68. The minimum Gasteiger partial charge on any atom is -0.304 e. The SMILES string of the molecule is CCNC(c1cnccn1)c1cnsn1. The van der Waals surface area contributed by atoms with E-state index in [0.717, 1.165) is 17.9 Å². The molecule has 2 heterocycles. The Hall–Kier alpha value is -1.40. The van der Waals surface area contributed by atoms with Crippen LogP contribution in [0.3, 0.4) is 0 Å². The first kappa shape index (κ1) is 10.1. The lowest BCUT2D eigenvalue weighted by Crippen LogP contribution is -2.23. The van der Waals surface area contributed by atoms with Crippen LogP contribution in [0.4, 0.5) is 0 Å². The van der Waals surface area contributed by atoms with Crippen LogP contribution in [0.1, 0.15) is 24.4 Å². The Labute approximate surface area is 91.9 Å². The smallest absolute Gasteiger partial charge is 0.0974 e. The summed E-state index contributed by atoms with van der Waals surface area (Å²) in [5, 5.41) is 3.30. The summed E-state index contributed by atoms with van der Waals surface area (Å²) in [6, 6.07) is -0.0116. The van der Waals surface area contributed by atoms with Gasteiger partial charge in [-0.1, -0.05) is 6.92 Å². The van der Waals surface area contributed by atoms with E-state index in [9.17, 15) is 0 Å². The van der Waals surface area contributed by atoms with Crippen LogP contribution in [-0.4, -0.2) is 25.3 Å². The average molecular weight is 221 g/mol. The van der Waals surface area contributed by atoms with Crippen molar-refractivity contribution >= 4 is 11.7 Å². The van der Waals surface area contributed by atoms with Crippen molar-refractivity contribution in [3.63, 3.8) is 0 Å². The maximum Gasteiger partial charge on any atom is 0.0974 e. The zero-order chi connectivity index (χ0) is 10.5. The summed E-state index contributed by atoms with van der Waals surface area (Å²) in [4.78, 5) is 8.32. The highest BCUT2D eigenvalue weighted by molar-refractivity contribution is 6.99. The van der Waals surface area contributed by atoms with Gasteiger partial charge in [0.25, 0.3) is 0 Å². The summed E-state index contributed by atoms with van der Waals surface area (Å²) >= 11 is 1.20. The van der Waals surface area contributed by atoms with E-state index in [-0.39, 0.29) is 6.04 Å². The zero-order valence-corrected chi connectivity index (χ0v) is 9.11. The predicted octanol–water partition coefficient (Wildman–Crippen LogP) is 1.03. The Morgan fingerprint density at radius 3 is 2.87 bits per heavy atom. The van der Waals surface area contributed by atoms with Gasteiger partial charge < -0.3 is 5.32 Å². The van der Waals surface area contributed by atoms with Crippen molar-refractivity contribution in [1.82, 2.24) is 24.0 Å². The first-order valence-corrected chi connectivity index (χ1v) is 5.41. The predicted molar refractivity (Wildman–Crippen MR) is 57.5 cm³/mol. The highest BCUT2D eigenvalue weighted by Gasteiger charge is 2.16. The standard InChI is InChI=1S/C9H11N5S/c1-2-11-9(8-6-13-15-14-8)7-5-10-3-4-12-7/h3-6,9,11H,2H2,1H3. The number of nitrogens with one attached hydrogen (secondary N) is 1. The molecule has 0 fully saturated rings. The molecule has 0 aromatic carbocycles. The number of hydrogen-bond acceptors (Lipinski definition) is 6. The Kier molecular flexibility index (Phi) is 3.31. The molecule has 0 radical (unpaired) electrons. The number of hydrogen-bond donors (Lipinski definition) is 1. The Balaban J connectivity index is 2.28. The highest BCUT2D eigenvalue weighted by atomic mass is 32.1. The molecule has 6 heteroatoms. The van der Waals surface area contributed by atoms with Gasteiger partial charge in [-0.25, -0.2) is 0 Å². The molecule has 0 spiro atoms. The molecular weight excluding hydrogens is 210 g/mol. The first-order chi connectivity index (χ1) is 7.42. The van der Waals surface area contributed by atoms with Gasteiger partial charge in [0.05, 0.1) is 41.6 Å². The second kappa shape index (κ2) is 4.90. The van der Waals surface area contributed by atoms with E-state index in [1.807, 2.05) is 6.92 Å². The van der Waals surface area contributed by atoms with Gasteiger partial charge >= 0.3 is 0 Å². The molecule has 5 nitrogen and oxygen atoms in total. The molecule has 15 heavy (non-hydrogen) atoms. The molecule has 2 rings (SSSR count). The van der Waals surface area contributed by atoms with Crippen LogP contribution in [0, 0.1) is 0 Å². The van der Waals surface area contributed by atoms with Crippen LogP contribution in [0.5, 0.6) is 0 Å². The van der Waals surface area contributed by atoms with Crippen molar-refractivity contribution in [2.24, 2.45) is 0 Å². The van der Waals surface area contributed by atoms with Crippen molar-refractivity contribution in [2.45, 2.75) is 13.0 Å². The van der Waals surface area contributed by atoms with Crippen LogP contribution in [0.25, 0.3) is 0 Å². The van der Waals surface area contributed by atoms with Crippen molar-refractivity contribution < 1.29 is 0 Å². The van der Waals surface area contributed by atoms with Gasteiger partial charge in [0.2, 0.25) is 0 Å². The summed E-state index contributed by atoms with van der Waals surface area (Å²) in [6.45, 7) is 2.89. The Bertz CT molecular complexity index is 388. The van der Waals surface area contributed by atoms with Gasteiger partial charge in [-0.3, -0.25) is 9.97 Å². The second-order valence-corrected chi connectivity index (χ2v) is 3.51. The molecule has 0 bridgehead atoms. The van der Waals surface area contributed by atoms with Crippen LogP contribution in [0.15, 0.2) is 24.8 Å². The van der Waals surface area contributed by atoms with Gasteiger partial charge in [-0.05, 0) is 6.54 Å². The normalized spacial score (nSPS) is 12.6. The molecule has 1 N–H and O–H groups in total. The summed E-state index contributed by atoms with van der Waals surface area (Å²) in [6.07, 6.45) is 6.84. The quantitative estimate of drug-likeness (QED) is 0.835. The van der Waals surface area contributed by atoms with E-state index in [2.05, 4.69) is 24.0 Å². The minimum atomic E-state index is -0.0116. The summed E-state index contributed by atoms with van der Waals surface area (Å²) in [5.41, 5.74) is 1.76. The van der Waals surface area contributed by atoms with Crippen molar-refractivity contribution in [3.05, 3.63) is 36.2 Å². The van der Waals surface area contributed by atoms with Gasteiger partial charge in [-0.2, -0.15) is 8.75 Å². The Morgan fingerprint density at radius 2 is 2.27 bits per heavy atom. The summed E-state index contributed by atoms with van der Waals surface area (Å²) in [5.74, 6) is 0. The third kappa shape index (κ3) is 2.34. The number of aromatic nitrogens is 4. The molecule has 0 aliphatic heterocycles. The third-order valence-corrected chi connectivity index (χ3v) is 2.45. The average Bonchev–Trinajstić information content (AvgIpc) is 2.80. The van der Waals surface area contributed by atoms with Crippen LogP contribution >= 0.6 is 11.7 Å². The van der Waals surface area contributed by atoms with E-state index < -0.39 is 0 Å². The van der Waals surface area contributed by atoms with Crippen LogP contribution in [-0.2, 0) is 0 Å². The highest BCUT2D eigenvalue weighted by Crippen LogP contribution is 2.17. The summed E-state index contributed by atoms with van der Waals surface area (Å²) < 4.78 is 8.21. The lowest BCUT2D eigenvalue weighted by molar-refractivity contribution is 0.602. The largest absolute Gasteiger partial charge is 0.304 e. The van der Waals surface area contributed by atoms with E-state index in [4.69, 9.17) is 0 Å². The Morgan fingerprint density at radius 1 is 1.33 bits per heavy atom. The zero-order valence-electron chi connectivity index (χ0n) is 8.29. The van der Waals surface area contributed by atoms with Gasteiger partial charge in [0.15, 0.2) is 0 Å². The molecule has 1 atom stereocenters. The van der Waals surface area contributed by atoms with Crippen molar-refractivity contribution in [1.29, 1.82) is 0 Å². The molecule has 78 valence electrons. The lowest BCUT2D eigenvalue weighted by atomic mass is 10.1. The molecule has 2 aromatic heterocycles. The monoisotopic (exact) mass is 221 g/mol. The maximum absolute atomic E-state index is 4.27. The molecule has 0 amide bonds. The fourth-order valence-electron chi connectivity index (χ4n) is 1.32. The van der Waals surface area contributed by atoms with Gasteiger partial charge in [0.1, 0.15) is 0 Å². The molecule has 0 saturated heterocycles. The molecule has 1 unspecified atom stereocenters. The van der Waals surface area contributed by atoms with E-state index in [1.165, 1.54) is 11.7 Å². The summed E-state index contributed by atoms with van der Waals surface area (Å²) in [7, 11) is 0. The number of nitrogens with zero attached hydrogens (tertiary/aromatic N) is 4. The van der Waals surface area contributed by atoms with E-state index >= 15 is 0 Å². The van der Waals surface area contributed by atoms with E-state index in [1.54, 1.807) is 24.8 Å². The molecule has 0 saturated carbocycles. The van der Waals surface area contributed by atoms with Crippen molar-refractivity contribution in [2.75, 3.05) is 6.54 Å². The number of rotatable bonds is 4. The third-order valence-electron chi connectivity index (χ3n) is 1.96. The molecule has 0 aliphatic rings. The topological polar surface area (TPSA) is 63.6 Å². The maximum atomic E-state index is 4.27. The fraction of sp³-hybridized carbons (Fsp3) is 0.333. The van der Waals surface area contributed by atoms with Gasteiger partial charge in [-0.15, -0.1) is 0 Å². The van der Waals surface area contributed by atoms with Crippen LogP contribution < -0.4 is 5.32 Å². The fourth-order valence-corrected chi connectivity index (χ4v) is 1.77. The van der Waals surface area contributed by atoms with E-state index in [0.29, 0.717) is 0 Å². The molecule has 0 aliphatic carbocycles.